The number of hydrogen-bond donors (Lipinski definition) is 2. The zero-order valence-electron chi connectivity index (χ0n) is 13.8. The lowest BCUT2D eigenvalue weighted by molar-refractivity contribution is 0.416. The lowest BCUT2D eigenvalue weighted by Gasteiger charge is -2.18. The van der Waals surface area contributed by atoms with Crippen LogP contribution in [0.5, 0.6) is 5.75 Å². The van der Waals surface area contributed by atoms with Crippen LogP contribution in [0.3, 0.4) is 0 Å². The van der Waals surface area contributed by atoms with Gasteiger partial charge in [0.2, 0.25) is 10.0 Å². The van der Waals surface area contributed by atoms with E-state index in [0.29, 0.717) is 5.69 Å². The maximum absolute atomic E-state index is 11.2. The summed E-state index contributed by atoms with van der Waals surface area (Å²) in [5, 5.41) is 3.41. The lowest BCUT2D eigenvalue weighted by atomic mass is 10.1. The van der Waals surface area contributed by atoms with Gasteiger partial charge in [0.1, 0.15) is 5.75 Å². The van der Waals surface area contributed by atoms with E-state index in [0.717, 1.165) is 28.8 Å². The zero-order valence-corrected chi connectivity index (χ0v) is 14.6. The van der Waals surface area contributed by atoms with Crippen molar-refractivity contribution in [2.24, 2.45) is 0 Å². The van der Waals surface area contributed by atoms with Crippen LogP contribution in [0.15, 0.2) is 42.5 Å². The fraction of sp³-hybridized carbons (Fsp3) is 0.294. The Morgan fingerprint density at radius 2 is 1.74 bits per heavy atom. The Kier molecular flexibility index (Phi) is 5.15. The summed E-state index contributed by atoms with van der Waals surface area (Å²) in [4.78, 5) is 0. The third kappa shape index (κ3) is 4.89. The Hall–Kier alpha value is -2.21. The number of nitrogens with one attached hydrogen (secondary N) is 2. The van der Waals surface area contributed by atoms with Gasteiger partial charge in [0, 0.05) is 11.7 Å². The van der Waals surface area contributed by atoms with Crippen molar-refractivity contribution in [1.29, 1.82) is 0 Å². The van der Waals surface area contributed by atoms with Gasteiger partial charge in [0.25, 0.3) is 0 Å². The summed E-state index contributed by atoms with van der Waals surface area (Å²) < 4.78 is 30.3. The van der Waals surface area contributed by atoms with Gasteiger partial charge < -0.3 is 10.1 Å². The van der Waals surface area contributed by atoms with Crippen LogP contribution in [0.1, 0.15) is 24.1 Å². The van der Waals surface area contributed by atoms with E-state index in [-0.39, 0.29) is 6.04 Å². The molecular formula is C17H22N2O3S. The standard InChI is InChI=1S/C17H22N2O3S/c1-12-5-10-16(17(11-12)22-3)18-13(2)14-6-8-15(9-7-14)19-23(4,20)21/h5-11,13,18-19H,1-4H3. The lowest BCUT2D eigenvalue weighted by Crippen LogP contribution is -2.10. The summed E-state index contributed by atoms with van der Waals surface area (Å²) in [5.41, 5.74) is 3.66. The third-order valence-corrected chi connectivity index (χ3v) is 4.05. The number of benzene rings is 2. The summed E-state index contributed by atoms with van der Waals surface area (Å²) in [6, 6.07) is 13.3. The minimum atomic E-state index is -3.25. The van der Waals surface area contributed by atoms with Gasteiger partial charge in [-0.15, -0.1) is 0 Å². The molecule has 124 valence electrons. The monoisotopic (exact) mass is 334 g/mol. The van der Waals surface area contributed by atoms with E-state index in [2.05, 4.69) is 10.0 Å². The number of hydrogen-bond acceptors (Lipinski definition) is 4. The van der Waals surface area contributed by atoms with Crippen molar-refractivity contribution in [2.75, 3.05) is 23.4 Å². The molecule has 0 aliphatic carbocycles. The van der Waals surface area contributed by atoms with Crippen molar-refractivity contribution in [3.8, 4) is 5.75 Å². The highest BCUT2D eigenvalue weighted by atomic mass is 32.2. The van der Waals surface area contributed by atoms with Crippen molar-refractivity contribution >= 4 is 21.4 Å². The van der Waals surface area contributed by atoms with Crippen LogP contribution in [-0.4, -0.2) is 21.8 Å². The Balaban J connectivity index is 2.13. The van der Waals surface area contributed by atoms with Gasteiger partial charge in [0.05, 0.1) is 19.1 Å². The molecule has 0 heterocycles. The van der Waals surface area contributed by atoms with Crippen LogP contribution in [0.2, 0.25) is 0 Å². The first-order chi connectivity index (χ1) is 10.8. The number of ether oxygens (including phenoxy) is 1. The van der Waals surface area contributed by atoms with Crippen LogP contribution >= 0.6 is 0 Å². The van der Waals surface area contributed by atoms with Gasteiger partial charge in [-0.25, -0.2) is 8.42 Å². The topological polar surface area (TPSA) is 67.4 Å². The summed E-state index contributed by atoms with van der Waals surface area (Å²) >= 11 is 0. The first kappa shape index (κ1) is 17.1. The summed E-state index contributed by atoms with van der Waals surface area (Å²) in [7, 11) is -1.60. The number of methoxy groups -OCH3 is 1. The largest absolute Gasteiger partial charge is 0.495 e. The van der Waals surface area contributed by atoms with Gasteiger partial charge in [-0.3, -0.25) is 4.72 Å². The molecule has 0 saturated heterocycles. The quantitative estimate of drug-likeness (QED) is 0.848. The van der Waals surface area contributed by atoms with Crippen molar-refractivity contribution in [2.45, 2.75) is 19.9 Å². The number of anilines is 2. The molecule has 1 atom stereocenters. The molecule has 0 spiro atoms. The average molecular weight is 334 g/mol. The van der Waals surface area contributed by atoms with E-state index in [1.54, 1.807) is 19.2 Å². The second kappa shape index (κ2) is 6.91. The highest BCUT2D eigenvalue weighted by molar-refractivity contribution is 7.92. The summed E-state index contributed by atoms with van der Waals surface area (Å²) in [6.45, 7) is 4.06. The fourth-order valence-corrected chi connectivity index (χ4v) is 2.85. The minimum absolute atomic E-state index is 0.0545. The van der Waals surface area contributed by atoms with E-state index in [9.17, 15) is 8.42 Å². The van der Waals surface area contributed by atoms with E-state index < -0.39 is 10.0 Å². The molecule has 6 heteroatoms. The molecule has 0 saturated carbocycles. The Labute approximate surface area is 137 Å². The second-order valence-corrected chi connectivity index (χ2v) is 7.31. The van der Waals surface area contributed by atoms with Gasteiger partial charge >= 0.3 is 0 Å². The van der Waals surface area contributed by atoms with Crippen molar-refractivity contribution < 1.29 is 13.2 Å². The van der Waals surface area contributed by atoms with E-state index >= 15 is 0 Å². The Morgan fingerprint density at radius 3 is 2.30 bits per heavy atom. The van der Waals surface area contributed by atoms with E-state index in [4.69, 9.17) is 4.74 Å². The van der Waals surface area contributed by atoms with Crippen LogP contribution in [0.4, 0.5) is 11.4 Å². The highest BCUT2D eigenvalue weighted by Crippen LogP contribution is 2.29. The first-order valence-electron chi connectivity index (χ1n) is 7.27. The van der Waals surface area contributed by atoms with E-state index in [1.807, 2.05) is 44.2 Å². The van der Waals surface area contributed by atoms with Gasteiger partial charge in [-0.2, -0.15) is 0 Å². The SMILES string of the molecule is COc1cc(C)ccc1NC(C)c1ccc(NS(C)(=O)=O)cc1. The molecular weight excluding hydrogens is 312 g/mol. The minimum Gasteiger partial charge on any atom is -0.495 e. The smallest absolute Gasteiger partial charge is 0.229 e. The molecule has 2 rings (SSSR count). The molecule has 0 aliphatic heterocycles. The molecule has 5 nitrogen and oxygen atoms in total. The number of sulfonamides is 1. The molecule has 2 aromatic carbocycles. The normalized spacial score (nSPS) is 12.5. The van der Waals surface area contributed by atoms with Crippen molar-refractivity contribution in [1.82, 2.24) is 0 Å². The molecule has 0 bridgehead atoms. The van der Waals surface area contributed by atoms with Crippen LogP contribution < -0.4 is 14.8 Å². The molecule has 0 aliphatic rings. The van der Waals surface area contributed by atoms with Crippen LogP contribution in [0, 0.1) is 6.92 Å². The van der Waals surface area contributed by atoms with Gasteiger partial charge in [-0.05, 0) is 49.2 Å². The molecule has 0 amide bonds. The van der Waals surface area contributed by atoms with Crippen LogP contribution in [0.25, 0.3) is 0 Å². The molecule has 2 aromatic rings. The van der Waals surface area contributed by atoms with Crippen LogP contribution in [-0.2, 0) is 10.0 Å². The van der Waals surface area contributed by atoms with Gasteiger partial charge in [0.15, 0.2) is 0 Å². The number of rotatable bonds is 6. The summed E-state index contributed by atoms with van der Waals surface area (Å²) in [6.07, 6.45) is 1.13. The van der Waals surface area contributed by atoms with Crippen molar-refractivity contribution in [3.05, 3.63) is 53.6 Å². The zero-order chi connectivity index (χ0) is 17.0. The predicted molar refractivity (Wildman–Crippen MR) is 94.7 cm³/mol. The maximum Gasteiger partial charge on any atom is 0.229 e. The molecule has 23 heavy (non-hydrogen) atoms. The van der Waals surface area contributed by atoms with Crippen molar-refractivity contribution in [3.63, 3.8) is 0 Å². The number of aryl methyl sites for hydroxylation is 1. The molecule has 0 aromatic heterocycles. The maximum atomic E-state index is 11.2. The molecule has 0 fully saturated rings. The predicted octanol–water partition coefficient (Wildman–Crippen LogP) is 3.55. The molecule has 0 radical (unpaired) electrons. The first-order valence-corrected chi connectivity index (χ1v) is 9.16. The third-order valence-electron chi connectivity index (χ3n) is 3.44. The highest BCUT2D eigenvalue weighted by Gasteiger charge is 2.10. The fourth-order valence-electron chi connectivity index (χ4n) is 2.29. The second-order valence-electron chi connectivity index (χ2n) is 5.57. The van der Waals surface area contributed by atoms with E-state index in [1.165, 1.54) is 0 Å². The molecule has 2 N–H and O–H groups in total. The summed E-state index contributed by atoms with van der Waals surface area (Å²) in [5.74, 6) is 0.798. The Morgan fingerprint density at radius 1 is 1.09 bits per heavy atom. The molecule has 1 unspecified atom stereocenters. The van der Waals surface area contributed by atoms with Gasteiger partial charge in [-0.1, -0.05) is 18.2 Å². The average Bonchev–Trinajstić information content (AvgIpc) is 2.48. The Bertz CT molecular complexity index is 771.